The number of sulfonamides is 1. The van der Waals surface area contributed by atoms with Gasteiger partial charge in [-0.3, -0.25) is 19.6 Å². The SMILES string of the molecule is CC(=O)c1cccc(NS(=O)(=O)c2cc([N+](=O)[O-])cc(Br)c2Cl)c1. The zero-order chi connectivity index (χ0) is 18.1. The first-order valence-corrected chi connectivity index (χ1v) is 9.04. The number of Topliss-reactive ketones (excluding diaryl/α,β-unsaturated/α-hetero) is 1. The summed E-state index contributed by atoms with van der Waals surface area (Å²) >= 11 is 8.96. The number of rotatable bonds is 5. The summed E-state index contributed by atoms with van der Waals surface area (Å²) in [6.45, 7) is 1.35. The number of nitrogens with one attached hydrogen (secondary N) is 1. The molecule has 0 aromatic heterocycles. The van der Waals surface area contributed by atoms with Crippen molar-refractivity contribution >= 4 is 54.7 Å². The maximum absolute atomic E-state index is 12.5. The summed E-state index contributed by atoms with van der Waals surface area (Å²) < 4.78 is 27.3. The number of halogens is 2. The average molecular weight is 434 g/mol. The normalized spacial score (nSPS) is 11.1. The van der Waals surface area contributed by atoms with Crippen LogP contribution in [0.5, 0.6) is 0 Å². The van der Waals surface area contributed by atoms with Gasteiger partial charge in [0.05, 0.1) is 9.95 Å². The molecule has 0 heterocycles. The molecule has 0 bridgehead atoms. The molecular weight excluding hydrogens is 424 g/mol. The van der Waals surface area contributed by atoms with Crippen LogP contribution in [0.4, 0.5) is 11.4 Å². The van der Waals surface area contributed by atoms with Crippen molar-refractivity contribution in [2.24, 2.45) is 0 Å². The Morgan fingerprint density at radius 2 is 1.96 bits per heavy atom. The molecule has 0 unspecified atom stereocenters. The molecule has 24 heavy (non-hydrogen) atoms. The third-order valence-corrected chi connectivity index (χ3v) is 5.78. The fourth-order valence-electron chi connectivity index (χ4n) is 1.86. The van der Waals surface area contributed by atoms with Gasteiger partial charge in [-0.15, -0.1) is 0 Å². The quantitative estimate of drug-likeness (QED) is 0.435. The summed E-state index contributed by atoms with van der Waals surface area (Å²) in [7, 11) is -4.19. The van der Waals surface area contributed by atoms with Crippen molar-refractivity contribution in [3.05, 3.63) is 61.6 Å². The van der Waals surface area contributed by atoms with Gasteiger partial charge in [-0.05, 0) is 35.0 Å². The van der Waals surface area contributed by atoms with E-state index in [4.69, 9.17) is 11.6 Å². The van der Waals surface area contributed by atoms with Gasteiger partial charge in [-0.1, -0.05) is 23.7 Å². The van der Waals surface area contributed by atoms with Gasteiger partial charge in [0.1, 0.15) is 4.90 Å². The van der Waals surface area contributed by atoms with Crippen LogP contribution in [-0.2, 0) is 10.0 Å². The third kappa shape index (κ3) is 3.92. The zero-order valence-electron chi connectivity index (χ0n) is 12.1. The van der Waals surface area contributed by atoms with Crippen molar-refractivity contribution in [2.45, 2.75) is 11.8 Å². The second-order valence-electron chi connectivity index (χ2n) is 4.74. The lowest BCUT2D eigenvalue weighted by Crippen LogP contribution is -2.14. The molecule has 0 fully saturated rings. The molecule has 0 spiro atoms. The van der Waals surface area contributed by atoms with Crippen LogP contribution in [-0.4, -0.2) is 19.1 Å². The molecule has 0 atom stereocenters. The first-order chi connectivity index (χ1) is 11.1. The molecule has 126 valence electrons. The molecule has 0 aliphatic carbocycles. The lowest BCUT2D eigenvalue weighted by molar-refractivity contribution is -0.385. The minimum atomic E-state index is -4.19. The van der Waals surface area contributed by atoms with Gasteiger partial charge in [-0.25, -0.2) is 8.42 Å². The largest absolute Gasteiger partial charge is 0.295 e. The predicted octanol–water partition coefficient (Wildman–Crippen LogP) is 4.01. The Labute approximate surface area is 151 Å². The minimum Gasteiger partial charge on any atom is -0.295 e. The van der Waals surface area contributed by atoms with E-state index in [0.717, 1.165) is 12.1 Å². The highest BCUT2D eigenvalue weighted by atomic mass is 79.9. The Balaban J connectivity index is 2.50. The first kappa shape index (κ1) is 18.4. The number of non-ortho nitro benzene ring substituents is 1. The van der Waals surface area contributed by atoms with Gasteiger partial charge in [0.2, 0.25) is 0 Å². The number of anilines is 1. The summed E-state index contributed by atoms with van der Waals surface area (Å²) in [6, 6.07) is 7.84. The Morgan fingerprint density at radius 1 is 1.29 bits per heavy atom. The lowest BCUT2D eigenvalue weighted by atomic mass is 10.1. The topological polar surface area (TPSA) is 106 Å². The van der Waals surface area contributed by atoms with E-state index >= 15 is 0 Å². The molecule has 0 aliphatic rings. The van der Waals surface area contributed by atoms with Crippen LogP contribution in [0.2, 0.25) is 5.02 Å². The number of nitro benzene ring substituents is 1. The van der Waals surface area contributed by atoms with Crippen LogP contribution in [0.3, 0.4) is 0 Å². The van der Waals surface area contributed by atoms with Gasteiger partial charge in [-0.2, -0.15) is 0 Å². The van der Waals surface area contributed by atoms with E-state index in [1.165, 1.54) is 31.2 Å². The number of hydrogen-bond acceptors (Lipinski definition) is 5. The molecule has 7 nitrogen and oxygen atoms in total. The number of carbonyl (C=O) groups is 1. The fourth-order valence-corrected chi connectivity index (χ4v) is 4.03. The van der Waals surface area contributed by atoms with Crippen molar-refractivity contribution in [3.63, 3.8) is 0 Å². The predicted molar refractivity (Wildman–Crippen MR) is 93.1 cm³/mol. The van der Waals surface area contributed by atoms with Crippen molar-refractivity contribution in [1.82, 2.24) is 0 Å². The number of benzene rings is 2. The zero-order valence-corrected chi connectivity index (χ0v) is 15.3. The summed E-state index contributed by atoms with van der Waals surface area (Å²) in [5, 5.41) is 10.7. The molecule has 10 heteroatoms. The van der Waals surface area contributed by atoms with Gasteiger partial charge in [0.25, 0.3) is 15.7 Å². The number of nitro groups is 1. The second-order valence-corrected chi connectivity index (χ2v) is 7.62. The molecule has 0 amide bonds. The number of hydrogen-bond donors (Lipinski definition) is 1. The minimum absolute atomic E-state index is 0.0798. The number of ketones is 1. The van der Waals surface area contributed by atoms with E-state index in [9.17, 15) is 23.3 Å². The summed E-state index contributed by atoms with van der Waals surface area (Å²) in [6.07, 6.45) is 0. The van der Waals surface area contributed by atoms with E-state index in [2.05, 4.69) is 20.7 Å². The van der Waals surface area contributed by atoms with Crippen molar-refractivity contribution in [1.29, 1.82) is 0 Å². The molecule has 0 radical (unpaired) electrons. The van der Waals surface area contributed by atoms with Crippen molar-refractivity contribution < 1.29 is 18.1 Å². The highest BCUT2D eigenvalue weighted by Gasteiger charge is 2.24. The first-order valence-electron chi connectivity index (χ1n) is 6.39. The maximum Gasteiger partial charge on any atom is 0.272 e. The van der Waals surface area contributed by atoms with Gasteiger partial charge >= 0.3 is 0 Å². The van der Waals surface area contributed by atoms with Crippen molar-refractivity contribution in [2.75, 3.05) is 4.72 Å². The third-order valence-electron chi connectivity index (χ3n) is 3.00. The number of carbonyl (C=O) groups excluding carboxylic acids is 1. The second kappa shape index (κ2) is 6.88. The van der Waals surface area contributed by atoms with Crippen LogP contribution >= 0.6 is 27.5 Å². The van der Waals surface area contributed by atoms with Crippen LogP contribution in [0.25, 0.3) is 0 Å². The van der Waals surface area contributed by atoms with Gasteiger partial charge in [0, 0.05) is 27.9 Å². The van der Waals surface area contributed by atoms with E-state index in [1.54, 1.807) is 0 Å². The highest BCUT2D eigenvalue weighted by molar-refractivity contribution is 9.10. The summed E-state index contributed by atoms with van der Waals surface area (Å²) in [4.78, 5) is 21.1. The van der Waals surface area contributed by atoms with Gasteiger partial charge < -0.3 is 0 Å². The molecule has 0 saturated carbocycles. The van der Waals surface area contributed by atoms with Crippen LogP contribution < -0.4 is 4.72 Å². The molecule has 0 saturated heterocycles. The summed E-state index contributed by atoms with van der Waals surface area (Å²) in [5.41, 5.74) is 0.0343. The van der Waals surface area contributed by atoms with E-state index < -0.39 is 25.5 Å². The van der Waals surface area contributed by atoms with Crippen LogP contribution in [0.1, 0.15) is 17.3 Å². The average Bonchev–Trinajstić information content (AvgIpc) is 2.49. The lowest BCUT2D eigenvalue weighted by Gasteiger charge is -2.11. The van der Waals surface area contributed by atoms with E-state index in [1.807, 2.05) is 0 Å². The Morgan fingerprint density at radius 3 is 2.54 bits per heavy atom. The molecule has 0 aliphatic heterocycles. The molecule has 2 aromatic carbocycles. The van der Waals surface area contributed by atoms with Crippen LogP contribution in [0, 0.1) is 10.1 Å². The van der Waals surface area contributed by atoms with E-state index in [0.29, 0.717) is 5.56 Å². The smallest absolute Gasteiger partial charge is 0.272 e. The fraction of sp³-hybridized carbons (Fsp3) is 0.0714. The van der Waals surface area contributed by atoms with Gasteiger partial charge in [0.15, 0.2) is 5.78 Å². The Hall–Kier alpha value is -1.97. The van der Waals surface area contributed by atoms with E-state index in [-0.39, 0.29) is 21.0 Å². The monoisotopic (exact) mass is 432 g/mol. The van der Waals surface area contributed by atoms with Crippen molar-refractivity contribution in [3.8, 4) is 0 Å². The molecule has 1 N–H and O–H groups in total. The summed E-state index contributed by atoms with van der Waals surface area (Å²) in [5.74, 6) is -0.229. The molecule has 2 rings (SSSR count). The maximum atomic E-state index is 12.5. The standard InChI is InChI=1S/C14H10BrClN2O5S/c1-8(19)9-3-2-4-10(5-9)17-24(22,23)13-7-11(18(20)21)6-12(15)14(13)16/h2-7,17H,1H3. The highest BCUT2D eigenvalue weighted by Crippen LogP contribution is 2.34. The Bertz CT molecular complexity index is 946. The molecule has 2 aromatic rings. The Kier molecular flexibility index (Phi) is 5.26. The number of nitrogens with zero attached hydrogens (tertiary/aromatic N) is 1. The molecular formula is C14H10BrClN2O5S. The van der Waals surface area contributed by atoms with Crippen LogP contribution in [0.15, 0.2) is 45.8 Å².